The zero-order chi connectivity index (χ0) is 16.4. The molecule has 0 fully saturated rings. The van der Waals surface area contributed by atoms with Crippen molar-refractivity contribution in [3.63, 3.8) is 0 Å². The second-order valence-corrected chi connectivity index (χ2v) is 3.78. The van der Waals surface area contributed by atoms with Gasteiger partial charge in [-0.15, -0.1) is 24.8 Å². The monoisotopic (exact) mass is 337 g/mol. The van der Waals surface area contributed by atoms with Crippen molar-refractivity contribution >= 4 is 17.6 Å². The second-order valence-electron chi connectivity index (χ2n) is 3.51. The zero-order valence-electron chi connectivity index (χ0n) is 10.1. The minimum absolute atomic E-state index is 0.243. The van der Waals surface area contributed by atoms with Gasteiger partial charge in [-0.1, -0.05) is 0 Å². The van der Waals surface area contributed by atoms with Gasteiger partial charge in [0, 0.05) is 5.56 Å². The molecule has 0 unspecified atom stereocenters. The van der Waals surface area contributed by atoms with E-state index in [9.17, 15) is 31.1 Å². The number of ether oxygens (including phenoxy) is 2. The van der Waals surface area contributed by atoms with Crippen LogP contribution in [-0.4, -0.2) is 24.4 Å². The third-order valence-corrected chi connectivity index (χ3v) is 2.40. The van der Waals surface area contributed by atoms with Crippen LogP contribution in [-0.2, 0) is 16.8 Å². The van der Waals surface area contributed by atoms with Crippen LogP contribution in [0.4, 0.5) is 26.3 Å². The number of alkyl halides is 7. The van der Waals surface area contributed by atoms with Crippen molar-refractivity contribution in [2.24, 2.45) is 0 Å². The molecule has 4 nitrogen and oxygen atoms in total. The number of aromatic nitrogens is 1. The highest BCUT2D eigenvalue weighted by Crippen LogP contribution is 2.35. The van der Waals surface area contributed by atoms with E-state index >= 15 is 0 Å². The Kier molecular flexibility index (Phi) is 4.92. The molecule has 11 heteroatoms. The third-order valence-electron chi connectivity index (χ3n) is 2.13. The lowest BCUT2D eigenvalue weighted by atomic mass is 10.1. The van der Waals surface area contributed by atoms with Gasteiger partial charge in [0.15, 0.2) is 0 Å². The standard InChI is InChI=1S/C10H6ClF6NO3/c1-20-8(19)4-2-6(9(12,13)14)18-7(5(4)3-11)21-10(15,16)17/h2H,3H2,1H3. The average Bonchev–Trinajstić information content (AvgIpc) is 2.33. The van der Waals surface area contributed by atoms with Crippen LogP contribution in [0.5, 0.6) is 5.88 Å². The molecule has 21 heavy (non-hydrogen) atoms. The van der Waals surface area contributed by atoms with Crippen molar-refractivity contribution in [1.82, 2.24) is 4.98 Å². The molecule has 0 saturated heterocycles. The maximum atomic E-state index is 12.6. The van der Waals surface area contributed by atoms with Gasteiger partial charge < -0.3 is 9.47 Å². The van der Waals surface area contributed by atoms with Gasteiger partial charge >= 0.3 is 18.5 Å². The van der Waals surface area contributed by atoms with Gasteiger partial charge in [0.1, 0.15) is 5.69 Å². The van der Waals surface area contributed by atoms with Crippen LogP contribution in [0.15, 0.2) is 6.07 Å². The fourth-order valence-corrected chi connectivity index (χ4v) is 1.57. The van der Waals surface area contributed by atoms with Crippen molar-refractivity contribution in [3.8, 4) is 5.88 Å². The van der Waals surface area contributed by atoms with Crippen LogP contribution in [0.2, 0.25) is 0 Å². The van der Waals surface area contributed by atoms with Gasteiger partial charge in [-0.05, 0) is 6.07 Å². The number of halogens is 7. The molecule has 0 aliphatic rings. The van der Waals surface area contributed by atoms with Gasteiger partial charge in [0.25, 0.3) is 0 Å². The fourth-order valence-electron chi connectivity index (χ4n) is 1.31. The third kappa shape index (κ3) is 4.38. The van der Waals surface area contributed by atoms with Crippen molar-refractivity contribution in [3.05, 3.63) is 22.9 Å². The molecule has 0 amide bonds. The lowest BCUT2D eigenvalue weighted by Gasteiger charge is -2.16. The molecule has 1 aromatic heterocycles. The summed E-state index contributed by atoms with van der Waals surface area (Å²) in [7, 11) is 0.846. The number of nitrogens with zero attached hydrogens (tertiary/aromatic N) is 1. The number of carbonyl (C=O) groups excluding carboxylic acids is 1. The Balaban J connectivity index is 3.56. The maximum absolute atomic E-state index is 12.6. The highest BCUT2D eigenvalue weighted by atomic mass is 35.5. The van der Waals surface area contributed by atoms with Gasteiger partial charge in [0.2, 0.25) is 5.88 Å². The van der Waals surface area contributed by atoms with E-state index in [2.05, 4.69) is 14.5 Å². The second kappa shape index (κ2) is 5.96. The number of esters is 1. The first kappa shape index (κ1) is 17.3. The summed E-state index contributed by atoms with van der Waals surface area (Å²) in [5, 5.41) is 0. The summed E-state index contributed by atoms with van der Waals surface area (Å²) >= 11 is 5.36. The van der Waals surface area contributed by atoms with Crippen LogP contribution in [0.3, 0.4) is 0 Å². The van der Waals surface area contributed by atoms with Gasteiger partial charge in [0.05, 0.1) is 18.6 Å². The quantitative estimate of drug-likeness (QED) is 0.481. The smallest absolute Gasteiger partial charge is 0.465 e. The Morgan fingerprint density at radius 1 is 1.29 bits per heavy atom. The number of carbonyl (C=O) groups is 1. The predicted octanol–water partition coefficient (Wildman–Crippen LogP) is 3.52. The maximum Gasteiger partial charge on any atom is 0.574 e. The summed E-state index contributed by atoms with van der Waals surface area (Å²) in [6, 6.07) is 0.243. The van der Waals surface area contributed by atoms with Crippen LogP contribution in [0.1, 0.15) is 21.6 Å². The molecule has 0 spiro atoms. The molecule has 1 aromatic rings. The van der Waals surface area contributed by atoms with Crippen molar-refractivity contribution in [2.45, 2.75) is 18.4 Å². The van der Waals surface area contributed by atoms with Crippen molar-refractivity contribution in [2.75, 3.05) is 7.11 Å². The first-order valence-electron chi connectivity index (χ1n) is 5.00. The van der Waals surface area contributed by atoms with E-state index in [4.69, 9.17) is 11.6 Å². The fraction of sp³-hybridized carbons (Fsp3) is 0.400. The van der Waals surface area contributed by atoms with Gasteiger partial charge in [-0.3, -0.25) is 0 Å². The molecule has 0 atom stereocenters. The number of methoxy groups -OCH3 is 1. The molecule has 0 aromatic carbocycles. The van der Waals surface area contributed by atoms with E-state index in [-0.39, 0.29) is 6.07 Å². The summed E-state index contributed by atoms with van der Waals surface area (Å²) in [4.78, 5) is 14.1. The van der Waals surface area contributed by atoms with Crippen LogP contribution < -0.4 is 4.74 Å². The molecule has 1 rings (SSSR count). The predicted molar refractivity (Wildman–Crippen MR) is 56.8 cm³/mol. The number of pyridine rings is 1. The van der Waals surface area contributed by atoms with E-state index in [1.807, 2.05) is 0 Å². The molecule has 118 valence electrons. The number of hydrogen-bond donors (Lipinski definition) is 0. The molecular formula is C10H6ClF6NO3. The summed E-state index contributed by atoms with van der Waals surface area (Å²) in [6.45, 7) is 0. The van der Waals surface area contributed by atoms with E-state index in [1.54, 1.807) is 0 Å². The highest BCUT2D eigenvalue weighted by molar-refractivity contribution is 6.18. The SMILES string of the molecule is COC(=O)c1cc(C(F)(F)F)nc(OC(F)(F)F)c1CCl. The molecule has 0 aliphatic carbocycles. The first-order chi connectivity index (χ1) is 9.49. The van der Waals surface area contributed by atoms with Crippen molar-refractivity contribution in [1.29, 1.82) is 0 Å². The molecule has 0 saturated carbocycles. The lowest BCUT2D eigenvalue weighted by molar-refractivity contribution is -0.276. The van der Waals surface area contributed by atoms with Crippen LogP contribution in [0.25, 0.3) is 0 Å². The lowest BCUT2D eigenvalue weighted by Crippen LogP contribution is -2.22. The Morgan fingerprint density at radius 2 is 1.86 bits per heavy atom. The number of rotatable bonds is 3. The minimum Gasteiger partial charge on any atom is -0.465 e. The van der Waals surface area contributed by atoms with Crippen LogP contribution in [0, 0.1) is 0 Å². The molecule has 0 bridgehead atoms. The normalized spacial score (nSPS) is 12.2. The highest BCUT2D eigenvalue weighted by Gasteiger charge is 2.39. The largest absolute Gasteiger partial charge is 0.574 e. The topological polar surface area (TPSA) is 48.4 Å². The Hall–Kier alpha value is -1.71. The van der Waals surface area contributed by atoms with E-state index in [0.29, 0.717) is 0 Å². The summed E-state index contributed by atoms with van der Waals surface area (Å²) in [5.41, 5.74) is -3.21. The molecular weight excluding hydrogens is 332 g/mol. The van der Waals surface area contributed by atoms with E-state index in [1.165, 1.54) is 0 Å². The molecule has 1 heterocycles. The zero-order valence-corrected chi connectivity index (χ0v) is 10.9. The van der Waals surface area contributed by atoms with Crippen LogP contribution >= 0.6 is 11.6 Å². The number of hydrogen-bond acceptors (Lipinski definition) is 4. The summed E-state index contributed by atoms with van der Waals surface area (Å²) in [5.74, 6) is -3.49. The molecule has 0 radical (unpaired) electrons. The summed E-state index contributed by atoms with van der Waals surface area (Å²) < 4.78 is 82.0. The Morgan fingerprint density at radius 3 is 2.24 bits per heavy atom. The van der Waals surface area contributed by atoms with Gasteiger partial charge in [-0.2, -0.15) is 13.2 Å². The van der Waals surface area contributed by atoms with E-state index in [0.717, 1.165) is 7.11 Å². The Labute approximate surface area is 118 Å². The first-order valence-corrected chi connectivity index (χ1v) is 5.54. The molecule has 0 N–H and O–H groups in total. The van der Waals surface area contributed by atoms with E-state index < -0.39 is 47.1 Å². The molecule has 0 aliphatic heterocycles. The van der Waals surface area contributed by atoms with Crippen molar-refractivity contribution < 1.29 is 40.6 Å². The summed E-state index contributed by atoms with van der Waals surface area (Å²) in [6.07, 6.45) is -10.4. The minimum atomic E-state index is -5.30. The average molecular weight is 338 g/mol. The van der Waals surface area contributed by atoms with Gasteiger partial charge in [-0.25, -0.2) is 9.78 Å². The Bertz CT molecular complexity index is 543.